The molecule has 0 spiro atoms. The fourth-order valence-corrected chi connectivity index (χ4v) is 2.94. The van der Waals surface area contributed by atoms with Crippen LogP contribution in [0.5, 0.6) is 11.6 Å². The Bertz CT molecular complexity index is 1210. The van der Waals surface area contributed by atoms with E-state index in [0.29, 0.717) is 28.2 Å². The van der Waals surface area contributed by atoms with Crippen molar-refractivity contribution < 1.29 is 14.2 Å². The van der Waals surface area contributed by atoms with Crippen LogP contribution in [0.1, 0.15) is 5.56 Å². The van der Waals surface area contributed by atoms with Gasteiger partial charge < -0.3 is 20.1 Å². The summed E-state index contributed by atoms with van der Waals surface area (Å²) >= 11 is 0. The van der Waals surface area contributed by atoms with E-state index in [9.17, 15) is 14.8 Å². The second-order valence-corrected chi connectivity index (χ2v) is 5.94. The minimum Gasteiger partial charge on any atom is -0.495 e. The number of aromatic amines is 1. The van der Waals surface area contributed by atoms with E-state index in [1.807, 2.05) is 6.07 Å². The number of aromatic hydroxyl groups is 1. The van der Waals surface area contributed by atoms with Crippen molar-refractivity contribution >= 4 is 22.4 Å². The molecule has 3 aromatic heterocycles. The molecule has 1 aromatic carbocycles. The molecule has 0 bridgehead atoms. The molecule has 0 amide bonds. The maximum absolute atomic E-state index is 14.5. The molecule has 0 atom stereocenters. The maximum atomic E-state index is 14.5. The zero-order valence-electron chi connectivity index (χ0n) is 14.7. The Labute approximate surface area is 159 Å². The number of anilines is 2. The number of fused-ring (bicyclic) bond motifs is 1. The lowest BCUT2D eigenvalue weighted by Gasteiger charge is -2.11. The molecule has 3 N–H and O–H groups in total. The van der Waals surface area contributed by atoms with Crippen LogP contribution in [0.3, 0.4) is 0 Å². The van der Waals surface area contributed by atoms with E-state index in [1.165, 1.54) is 24.4 Å². The summed E-state index contributed by atoms with van der Waals surface area (Å²) in [5.41, 5.74) is 1.40. The van der Waals surface area contributed by atoms with Crippen LogP contribution in [0.15, 0.2) is 48.8 Å². The van der Waals surface area contributed by atoms with Crippen molar-refractivity contribution in [2.24, 2.45) is 0 Å². The first-order valence-electron chi connectivity index (χ1n) is 8.28. The standard InChI is InChI=1S/C20H14FN5O2/c1-28-12-5-6-17(23-9-12)26-15-7-14(25-16-10-24-20(27)19(15)16)18-11(8-22)3-2-4-13(18)21/h2-7,9-10,24,27H,1H3,(H,23,26). The molecule has 8 heteroatoms. The fourth-order valence-electron chi connectivity index (χ4n) is 2.94. The lowest BCUT2D eigenvalue weighted by molar-refractivity contribution is 0.413. The first-order valence-corrected chi connectivity index (χ1v) is 8.28. The molecule has 28 heavy (non-hydrogen) atoms. The average Bonchev–Trinajstić information content (AvgIpc) is 3.09. The number of pyridine rings is 2. The molecule has 4 aromatic rings. The van der Waals surface area contributed by atoms with Gasteiger partial charge in [0.05, 0.1) is 52.8 Å². The molecule has 0 saturated carbocycles. The van der Waals surface area contributed by atoms with Crippen molar-refractivity contribution in [3.63, 3.8) is 0 Å². The summed E-state index contributed by atoms with van der Waals surface area (Å²) in [5, 5.41) is 23.0. The molecule has 0 fully saturated rings. The summed E-state index contributed by atoms with van der Waals surface area (Å²) in [7, 11) is 1.54. The molecule has 4 rings (SSSR count). The number of hydrogen-bond acceptors (Lipinski definition) is 6. The zero-order chi connectivity index (χ0) is 19.7. The van der Waals surface area contributed by atoms with Gasteiger partial charge in [0.15, 0.2) is 5.88 Å². The predicted molar refractivity (Wildman–Crippen MR) is 102 cm³/mol. The average molecular weight is 375 g/mol. The third-order valence-corrected chi connectivity index (χ3v) is 4.25. The van der Waals surface area contributed by atoms with Gasteiger partial charge in [-0.25, -0.2) is 14.4 Å². The van der Waals surface area contributed by atoms with Gasteiger partial charge in [-0.05, 0) is 30.3 Å². The maximum Gasteiger partial charge on any atom is 0.200 e. The summed E-state index contributed by atoms with van der Waals surface area (Å²) in [6.45, 7) is 0. The predicted octanol–water partition coefficient (Wildman–Crippen LogP) is 4.09. The normalized spacial score (nSPS) is 10.6. The van der Waals surface area contributed by atoms with E-state index in [4.69, 9.17) is 4.74 Å². The molecule has 7 nitrogen and oxygen atoms in total. The number of H-pyrrole nitrogens is 1. The molecule has 0 aliphatic heterocycles. The monoisotopic (exact) mass is 375 g/mol. The largest absolute Gasteiger partial charge is 0.495 e. The van der Waals surface area contributed by atoms with Gasteiger partial charge in [-0.1, -0.05) is 6.07 Å². The number of halogens is 1. The van der Waals surface area contributed by atoms with Crippen LogP contribution in [0.4, 0.5) is 15.9 Å². The van der Waals surface area contributed by atoms with E-state index in [0.717, 1.165) is 0 Å². The summed E-state index contributed by atoms with van der Waals surface area (Å²) in [6, 6.07) is 11.3. The highest BCUT2D eigenvalue weighted by Gasteiger charge is 2.18. The Morgan fingerprint density at radius 1 is 1.29 bits per heavy atom. The number of ether oxygens (including phenoxy) is 1. The molecular formula is C20H14FN5O2. The highest BCUT2D eigenvalue weighted by molar-refractivity contribution is 5.99. The Hall–Kier alpha value is -4.12. The van der Waals surface area contributed by atoms with E-state index in [1.54, 1.807) is 31.5 Å². The lowest BCUT2D eigenvalue weighted by Crippen LogP contribution is -1.98. The first-order chi connectivity index (χ1) is 13.6. The molecule has 138 valence electrons. The van der Waals surface area contributed by atoms with E-state index >= 15 is 0 Å². The van der Waals surface area contributed by atoms with Crippen LogP contribution in [-0.2, 0) is 0 Å². The minimum atomic E-state index is -0.556. The topological polar surface area (TPSA) is 107 Å². The Kier molecular flexibility index (Phi) is 4.26. The van der Waals surface area contributed by atoms with Crippen molar-refractivity contribution in [1.29, 1.82) is 5.26 Å². The number of nitrogens with one attached hydrogen (secondary N) is 2. The highest BCUT2D eigenvalue weighted by Crippen LogP contribution is 2.36. The van der Waals surface area contributed by atoms with Crippen LogP contribution in [0.25, 0.3) is 22.2 Å². The van der Waals surface area contributed by atoms with Crippen LogP contribution >= 0.6 is 0 Å². The van der Waals surface area contributed by atoms with Crippen molar-refractivity contribution in [3.8, 4) is 29.0 Å². The van der Waals surface area contributed by atoms with Crippen LogP contribution in [-0.4, -0.2) is 27.2 Å². The van der Waals surface area contributed by atoms with Gasteiger partial charge in [0.25, 0.3) is 0 Å². The molecule has 0 radical (unpaired) electrons. The smallest absolute Gasteiger partial charge is 0.200 e. The van der Waals surface area contributed by atoms with Crippen LogP contribution in [0.2, 0.25) is 0 Å². The molecular weight excluding hydrogens is 361 g/mol. The minimum absolute atomic E-state index is 0.0842. The van der Waals surface area contributed by atoms with Gasteiger partial charge in [-0.2, -0.15) is 5.26 Å². The number of nitriles is 1. The Balaban J connectivity index is 1.88. The van der Waals surface area contributed by atoms with Crippen molar-refractivity contribution in [2.75, 3.05) is 12.4 Å². The first kappa shape index (κ1) is 17.3. The fraction of sp³-hybridized carbons (Fsp3) is 0.0500. The number of hydrogen-bond donors (Lipinski definition) is 3. The number of aromatic nitrogens is 3. The molecule has 0 saturated heterocycles. The summed E-state index contributed by atoms with van der Waals surface area (Å²) in [5.74, 6) is 0.452. The van der Waals surface area contributed by atoms with Crippen molar-refractivity contribution in [1.82, 2.24) is 15.0 Å². The van der Waals surface area contributed by atoms with Crippen molar-refractivity contribution in [2.45, 2.75) is 0 Å². The zero-order valence-corrected chi connectivity index (χ0v) is 14.7. The van der Waals surface area contributed by atoms with Crippen molar-refractivity contribution in [3.05, 3.63) is 60.2 Å². The molecule has 0 aliphatic rings. The van der Waals surface area contributed by atoms with Crippen LogP contribution < -0.4 is 10.1 Å². The van der Waals surface area contributed by atoms with Crippen LogP contribution in [0, 0.1) is 17.1 Å². The summed E-state index contributed by atoms with van der Waals surface area (Å²) in [6.07, 6.45) is 3.05. The number of nitrogens with zero attached hydrogens (tertiary/aromatic N) is 3. The van der Waals surface area contributed by atoms with E-state index in [2.05, 4.69) is 20.3 Å². The third kappa shape index (κ3) is 2.95. The van der Waals surface area contributed by atoms with Gasteiger partial charge in [0, 0.05) is 6.20 Å². The number of rotatable bonds is 4. The molecule has 0 unspecified atom stereocenters. The lowest BCUT2D eigenvalue weighted by atomic mass is 10.0. The molecule has 0 aliphatic carbocycles. The van der Waals surface area contributed by atoms with Gasteiger partial charge >= 0.3 is 0 Å². The van der Waals surface area contributed by atoms with Gasteiger partial charge in [0.1, 0.15) is 17.4 Å². The van der Waals surface area contributed by atoms with E-state index in [-0.39, 0.29) is 22.7 Å². The molecule has 3 heterocycles. The second kappa shape index (κ2) is 6.89. The highest BCUT2D eigenvalue weighted by atomic mass is 19.1. The Morgan fingerprint density at radius 3 is 2.86 bits per heavy atom. The van der Waals surface area contributed by atoms with E-state index < -0.39 is 5.82 Å². The van der Waals surface area contributed by atoms with Gasteiger partial charge in [-0.3, -0.25) is 0 Å². The third-order valence-electron chi connectivity index (χ3n) is 4.25. The quantitative estimate of drug-likeness (QED) is 0.496. The van der Waals surface area contributed by atoms with Gasteiger partial charge in [0.2, 0.25) is 0 Å². The summed E-state index contributed by atoms with van der Waals surface area (Å²) in [4.78, 5) is 11.3. The number of methoxy groups -OCH3 is 1. The second-order valence-electron chi connectivity index (χ2n) is 5.94. The van der Waals surface area contributed by atoms with Gasteiger partial charge in [-0.15, -0.1) is 0 Å². The number of benzene rings is 1. The Morgan fingerprint density at radius 2 is 2.14 bits per heavy atom. The SMILES string of the molecule is COc1ccc(Nc2cc(-c3c(F)cccc3C#N)nc3c[nH]c(O)c23)nc1. The summed E-state index contributed by atoms with van der Waals surface area (Å²) < 4.78 is 19.6.